The Kier molecular flexibility index (Phi) is 5.32. The van der Waals surface area contributed by atoms with Gasteiger partial charge >= 0.3 is 0 Å². The minimum atomic E-state index is 0.163. The number of rotatable bonds is 5. The van der Waals surface area contributed by atoms with Crippen LogP contribution in [0.5, 0.6) is 5.75 Å². The number of alkyl halides is 1. The maximum atomic E-state index is 11.3. The van der Waals surface area contributed by atoms with Crippen molar-refractivity contribution in [3.63, 3.8) is 0 Å². The maximum Gasteiger partial charge on any atom is 0.147 e. The Hall–Kier alpha value is -0.350. The van der Waals surface area contributed by atoms with Crippen molar-refractivity contribution < 1.29 is 9.53 Å². The van der Waals surface area contributed by atoms with Crippen LogP contribution >= 0.6 is 31.9 Å². The Bertz CT molecular complexity index is 350. The van der Waals surface area contributed by atoms with Gasteiger partial charge in [-0.15, -0.1) is 0 Å². The third-order valence-electron chi connectivity index (χ3n) is 1.79. The first-order chi connectivity index (χ1) is 7.15. The average Bonchev–Trinajstić information content (AvgIpc) is 2.17. The standard InChI is InChI=1S/C11H12Br2O2/c1-2-15-11-5-8(3-9(13)6-11)4-10(14)7-12/h3,5-6H,2,4,7H2,1H3. The summed E-state index contributed by atoms with van der Waals surface area (Å²) in [6.45, 7) is 2.56. The predicted molar refractivity (Wildman–Crippen MR) is 67.8 cm³/mol. The van der Waals surface area contributed by atoms with Crippen molar-refractivity contribution in [3.8, 4) is 5.75 Å². The Morgan fingerprint density at radius 3 is 2.73 bits per heavy atom. The number of carbonyl (C=O) groups excluding carboxylic acids is 1. The summed E-state index contributed by atoms with van der Waals surface area (Å²) in [7, 11) is 0. The molecule has 0 spiro atoms. The molecule has 4 heteroatoms. The molecule has 1 rings (SSSR count). The van der Waals surface area contributed by atoms with Crippen LogP contribution < -0.4 is 4.74 Å². The number of benzene rings is 1. The van der Waals surface area contributed by atoms with Gasteiger partial charge in [-0.05, 0) is 30.7 Å². The largest absolute Gasteiger partial charge is 0.494 e. The molecule has 0 fully saturated rings. The number of carbonyl (C=O) groups is 1. The van der Waals surface area contributed by atoms with E-state index >= 15 is 0 Å². The summed E-state index contributed by atoms with van der Waals surface area (Å²) in [4.78, 5) is 11.3. The van der Waals surface area contributed by atoms with Gasteiger partial charge in [-0.2, -0.15) is 0 Å². The number of ketones is 1. The highest BCUT2D eigenvalue weighted by Crippen LogP contribution is 2.22. The number of hydrogen-bond acceptors (Lipinski definition) is 2. The summed E-state index contributed by atoms with van der Waals surface area (Å²) >= 11 is 6.54. The molecule has 0 saturated heterocycles. The van der Waals surface area contributed by atoms with Gasteiger partial charge in [-0.3, -0.25) is 4.79 Å². The van der Waals surface area contributed by atoms with E-state index in [-0.39, 0.29) is 5.78 Å². The van der Waals surface area contributed by atoms with E-state index in [2.05, 4.69) is 31.9 Å². The lowest BCUT2D eigenvalue weighted by molar-refractivity contribution is -0.115. The van der Waals surface area contributed by atoms with Crippen molar-refractivity contribution in [1.29, 1.82) is 0 Å². The van der Waals surface area contributed by atoms with Crippen molar-refractivity contribution in [2.75, 3.05) is 11.9 Å². The van der Waals surface area contributed by atoms with E-state index < -0.39 is 0 Å². The molecule has 0 aliphatic rings. The van der Waals surface area contributed by atoms with E-state index in [1.807, 2.05) is 25.1 Å². The highest BCUT2D eigenvalue weighted by molar-refractivity contribution is 9.10. The van der Waals surface area contributed by atoms with Crippen molar-refractivity contribution in [2.24, 2.45) is 0 Å². The molecule has 0 aliphatic heterocycles. The molecule has 0 aliphatic carbocycles. The lowest BCUT2D eigenvalue weighted by Gasteiger charge is -2.06. The highest BCUT2D eigenvalue weighted by atomic mass is 79.9. The quantitative estimate of drug-likeness (QED) is 0.771. The molecule has 82 valence electrons. The molecular weight excluding hydrogens is 324 g/mol. The highest BCUT2D eigenvalue weighted by Gasteiger charge is 2.05. The fraction of sp³-hybridized carbons (Fsp3) is 0.364. The second-order valence-electron chi connectivity index (χ2n) is 3.08. The molecule has 0 atom stereocenters. The number of Topliss-reactive ketones (excluding diaryl/α,β-unsaturated/α-hetero) is 1. The molecule has 0 radical (unpaired) electrons. The summed E-state index contributed by atoms with van der Waals surface area (Å²) in [6, 6.07) is 5.73. The smallest absolute Gasteiger partial charge is 0.147 e. The number of hydrogen-bond donors (Lipinski definition) is 0. The van der Waals surface area contributed by atoms with Crippen molar-refractivity contribution in [1.82, 2.24) is 0 Å². The molecule has 0 saturated carbocycles. The van der Waals surface area contributed by atoms with Gasteiger partial charge in [0.25, 0.3) is 0 Å². The lowest BCUT2D eigenvalue weighted by Crippen LogP contribution is -2.03. The van der Waals surface area contributed by atoms with Gasteiger partial charge in [0.1, 0.15) is 11.5 Å². The molecule has 0 aromatic heterocycles. The molecule has 2 nitrogen and oxygen atoms in total. The van der Waals surface area contributed by atoms with E-state index in [4.69, 9.17) is 4.74 Å². The van der Waals surface area contributed by atoms with Crippen LogP contribution in [0.3, 0.4) is 0 Å². The molecule has 0 bridgehead atoms. The summed E-state index contributed by atoms with van der Waals surface area (Å²) in [5.74, 6) is 0.958. The molecule has 0 amide bonds. The van der Waals surface area contributed by atoms with E-state index in [0.29, 0.717) is 18.4 Å². The molecular formula is C11H12Br2O2. The fourth-order valence-corrected chi connectivity index (χ4v) is 1.97. The number of halogens is 2. The lowest BCUT2D eigenvalue weighted by atomic mass is 10.1. The molecule has 0 unspecified atom stereocenters. The minimum Gasteiger partial charge on any atom is -0.494 e. The zero-order valence-electron chi connectivity index (χ0n) is 8.43. The summed E-state index contributed by atoms with van der Waals surface area (Å²) in [5, 5.41) is 0.392. The summed E-state index contributed by atoms with van der Waals surface area (Å²) in [5.41, 5.74) is 0.970. The van der Waals surface area contributed by atoms with Crippen molar-refractivity contribution in [2.45, 2.75) is 13.3 Å². The first-order valence-corrected chi connectivity index (χ1v) is 6.57. The van der Waals surface area contributed by atoms with Gasteiger partial charge in [0.05, 0.1) is 11.9 Å². The van der Waals surface area contributed by atoms with E-state index in [1.165, 1.54) is 0 Å². The van der Waals surface area contributed by atoms with Gasteiger partial charge in [0, 0.05) is 10.9 Å². The normalized spacial score (nSPS) is 10.1. The Morgan fingerprint density at radius 2 is 2.13 bits per heavy atom. The molecule has 1 aromatic rings. The maximum absolute atomic E-state index is 11.3. The Balaban J connectivity index is 2.83. The molecule has 0 heterocycles. The van der Waals surface area contributed by atoms with Crippen molar-refractivity contribution in [3.05, 3.63) is 28.2 Å². The van der Waals surface area contributed by atoms with Gasteiger partial charge in [0.15, 0.2) is 0 Å². The first kappa shape index (κ1) is 12.7. The molecule has 15 heavy (non-hydrogen) atoms. The third kappa shape index (κ3) is 4.34. The zero-order chi connectivity index (χ0) is 11.3. The third-order valence-corrected chi connectivity index (χ3v) is 2.88. The van der Waals surface area contributed by atoms with Crippen LogP contribution in [0.15, 0.2) is 22.7 Å². The Labute approximate surface area is 106 Å². The summed E-state index contributed by atoms with van der Waals surface area (Å²) < 4.78 is 6.33. The van der Waals surface area contributed by atoms with Crippen LogP contribution in [-0.4, -0.2) is 17.7 Å². The van der Waals surface area contributed by atoms with Crippen LogP contribution in [-0.2, 0) is 11.2 Å². The van der Waals surface area contributed by atoms with E-state index in [0.717, 1.165) is 15.8 Å². The van der Waals surface area contributed by atoms with Crippen LogP contribution in [0, 0.1) is 0 Å². The topological polar surface area (TPSA) is 26.3 Å². The van der Waals surface area contributed by atoms with Crippen LogP contribution in [0.2, 0.25) is 0 Å². The van der Waals surface area contributed by atoms with E-state index in [9.17, 15) is 4.79 Å². The van der Waals surface area contributed by atoms with Crippen LogP contribution in [0.4, 0.5) is 0 Å². The average molecular weight is 336 g/mol. The Morgan fingerprint density at radius 1 is 1.40 bits per heavy atom. The first-order valence-electron chi connectivity index (χ1n) is 4.65. The SMILES string of the molecule is CCOc1cc(Br)cc(CC(=O)CBr)c1. The molecule has 0 N–H and O–H groups in total. The van der Waals surface area contributed by atoms with E-state index in [1.54, 1.807) is 0 Å². The van der Waals surface area contributed by atoms with Crippen LogP contribution in [0.1, 0.15) is 12.5 Å². The van der Waals surface area contributed by atoms with Gasteiger partial charge in [0.2, 0.25) is 0 Å². The fourth-order valence-electron chi connectivity index (χ4n) is 1.25. The second-order valence-corrected chi connectivity index (χ2v) is 4.55. The van der Waals surface area contributed by atoms with Gasteiger partial charge < -0.3 is 4.74 Å². The van der Waals surface area contributed by atoms with Crippen molar-refractivity contribution >= 4 is 37.6 Å². The second kappa shape index (κ2) is 6.28. The zero-order valence-corrected chi connectivity index (χ0v) is 11.6. The monoisotopic (exact) mass is 334 g/mol. The van der Waals surface area contributed by atoms with Gasteiger partial charge in [-0.1, -0.05) is 31.9 Å². The minimum absolute atomic E-state index is 0.163. The number of ether oxygens (including phenoxy) is 1. The van der Waals surface area contributed by atoms with Crippen LogP contribution in [0.25, 0.3) is 0 Å². The molecule has 1 aromatic carbocycles. The predicted octanol–water partition coefficient (Wildman–Crippen LogP) is 3.35. The summed E-state index contributed by atoms with van der Waals surface area (Å²) in [6.07, 6.45) is 0.435. The van der Waals surface area contributed by atoms with Gasteiger partial charge in [-0.25, -0.2) is 0 Å².